The first-order chi connectivity index (χ1) is 7.75. The van der Waals surface area contributed by atoms with E-state index in [1.807, 2.05) is 13.8 Å². The first-order valence-corrected chi connectivity index (χ1v) is 6.74. The highest BCUT2D eigenvalue weighted by atomic mass is 16.1. The Morgan fingerprint density at radius 3 is 2.18 bits per heavy atom. The zero-order chi connectivity index (χ0) is 12.0. The maximum absolute atomic E-state index is 10.7. The fourth-order valence-corrected chi connectivity index (χ4v) is 2.94. The fourth-order valence-electron chi connectivity index (χ4n) is 2.94. The number of nitrogens with one attached hydrogen (secondary N) is 1. The van der Waals surface area contributed by atoms with Gasteiger partial charge in [-0.1, -0.05) is 21.3 Å². The van der Waals surface area contributed by atoms with Gasteiger partial charge in [-0.05, 0) is 56.5 Å². The topological polar surface area (TPSA) is 55.1 Å². The van der Waals surface area contributed by atoms with E-state index in [0.717, 1.165) is 11.8 Å². The first-order valence-electron chi connectivity index (χ1n) is 6.74. The van der Waals surface area contributed by atoms with E-state index >= 15 is 0 Å². The summed E-state index contributed by atoms with van der Waals surface area (Å²) in [6.45, 7) is 6.36. The van der Waals surface area contributed by atoms with Gasteiger partial charge in [0.25, 0.3) is 0 Å². The molecule has 0 unspecified atom stereocenters. The van der Waals surface area contributed by atoms with Gasteiger partial charge in [-0.2, -0.15) is 0 Å². The Labute approximate surface area is 107 Å². The number of amides is 1. The van der Waals surface area contributed by atoms with Gasteiger partial charge in [0, 0.05) is 6.42 Å². The normalized spacial score (nSPS) is 28.1. The van der Waals surface area contributed by atoms with Crippen molar-refractivity contribution in [3.63, 3.8) is 0 Å². The molecule has 1 amide bonds. The standard InChI is InChI=1S/C11H20N2O.C2H6.CH4/c12-11(14)7-8-5-10(6-8)9-1-3-13-4-2-9;1-2;/h8-10,13H,1-7H2,(H2,12,14);1-2H3;1H4. The SMILES string of the molecule is C.CC.NC(=O)CC1CC(C2CCNCC2)C1. The molecular formula is C14H30N2O. The first kappa shape index (κ1) is 16.4. The fraction of sp³-hybridized carbons (Fsp3) is 0.929. The summed E-state index contributed by atoms with van der Waals surface area (Å²) < 4.78 is 0. The summed E-state index contributed by atoms with van der Waals surface area (Å²) in [5, 5.41) is 3.39. The van der Waals surface area contributed by atoms with Crippen LogP contribution >= 0.6 is 0 Å². The van der Waals surface area contributed by atoms with Crippen molar-refractivity contribution in [1.82, 2.24) is 5.32 Å². The molecule has 3 heteroatoms. The van der Waals surface area contributed by atoms with Gasteiger partial charge in [-0.3, -0.25) is 4.79 Å². The van der Waals surface area contributed by atoms with Gasteiger partial charge in [0.15, 0.2) is 0 Å². The predicted octanol–water partition coefficient (Wildman–Crippen LogP) is 2.55. The third kappa shape index (κ3) is 5.07. The Hall–Kier alpha value is -0.570. The quantitative estimate of drug-likeness (QED) is 0.799. The Kier molecular flexibility index (Phi) is 8.23. The minimum Gasteiger partial charge on any atom is -0.370 e. The van der Waals surface area contributed by atoms with Crippen LogP contribution in [0.15, 0.2) is 0 Å². The second-order valence-electron chi connectivity index (χ2n) is 4.86. The zero-order valence-corrected chi connectivity index (χ0v) is 10.7. The molecule has 1 aliphatic heterocycles. The number of rotatable bonds is 3. The lowest BCUT2D eigenvalue weighted by atomic mass is 9.65. The molecule has 0 spiro atoms. The minimum atomic E-state index is -0.126. The smallest absolute Gasteiger partial charge is 0.217 e. The van der Waals surface area contributed by atoms with Crippen molar-refractivity contribution < 1.29 is 4.79 Å². The van der Waals surface area contributed by atoms with Gasteiger partial charge in [-0.25, -0.2) is 0 Å². The van der Waals surface area contributed by atoms with E-state index in [0.29, 0.717) is 12.3 Å². The largest absolute Gasteiger partial charge is 0.370 e. The van der Waals surface area contributed by atoms with E-state index in [-0.39, 0.29) is 13.3 Å². The Balaban J connectivity index is 0.000000811. The van der Waals surface area contributed by atoms with Crippen LogP contribution in [0.1, 0.15) is 53.4 Å². The lowest BCUT2D eigenvalue weighted by Gasteiger charge is -2.41. The van der Waals surface area contributed by atoms with E-state index in [2.05, 4.69) is 5.32 Å². The van der Waals surface area contributed by atoms with Crippen molar-refractivity contribution in [2.24, 2.45) is 23.5 Å². The zero-order valence-electron chi connectivity index (χ0n) is 10.7. The monoisotopic (exact) mass is 242 g/mol. The van der Waals surface area contributed by atoms with Gasteiger partial charge in [0.1, 0.15) is 0 Å². The number of carbonyl (C=O) groups excluding carboxylic acids is 1. The summed E-state index contributed by atoms with van der Waals surface area (Å²) in [6.07, 6.45) is 5.75. The highest BCUT2D eigenvalue weighted by Gasteiger charge is 2.35. The van der Waals surface area contributed by atoms with Crippen LogP contribution in [-0.2, 0) is 4.79 Å². The van der Waals surface area contributed by atoms with Gasteiger partial charge in [0.2, 0.25) is 5.91 Å². The summed E-state index contributed by atoms with van der Waals surface area (Å²) >= 11 is 0. The maximum atomic E-state index is 10.7. The molecular weight excluding hydrogens is 212 g/mol. The molecule has 0 radical (unpaired) electrons. The van der Waals surface area contributed by atoms with E-state index in [4.69, 9.17) is 5.73 Å². The molecule has 102 valence electrons. The average Bonchev–Trinajstić information content (AvgIpc) is 2.26. The maximum Gasteiger partial charge on any atom is 0.217 e. The predicted molar refractivity (Wildman–Crippen MR) is 73.7 cm³/mol. The Morgan fingerprint density at radius 1 is 1.18 bits per heavy atom. The van der Waals surface area contributed by atoms with Crippen LogP contribution < -0.4 is 11.1 Å². The van der Waals surface area contributed by atoms with Gasteiger partial charge in [-0.15, -0.1) is 0 Å². The Morgan fingerprint density at radius 2 is 1.71 bits per heavy atom. The molecule has 1 heterocycles. The van der Waals surface area contributed by atoms with E-state index in [1.54, 1.807) is 0 Å². The highest BCUT2D eigenvalue weighted by Crippen LogP contribution is 2.43. The van der Waals surface area contributed by atoms with Crippen LogP contribution in [0.25, 0.3) is 0 Å². The number of carbonyl (C=O) groups is 1. The summed E-state index contributed by atoms with van der Waals surface area (Å²) in [7, 11) is 0. The summed E-state index contributed by atoms with van der Waals surface area (Å²) in [5.74, 6) is 2.29. The second-order valence-corrected chi connectivity index (χ2v) is 4.86. The van der Waals surface area contributed by atoms with E-state index in [9.17, 15) is 4.79 Å². The third-order valence-corrected chi connectivity index (χ3v) is 3.81. The van der Waals surface area contributed by atoms with Gasteiger partial charge in [0.05, 0.1) is 0 Å². The number of hydrogen-bond donors (Lipinski definition) is 2. The van der Waals surface area contributed by atoms with Crippen molar-refractivity contribution in [3.8, 4) is 0 Å². The molecule has 1 aliphatic carbocycles. The number of piperidine rings is 1. The summed E-state index contributed by atoms with van der Waals surface area (Å²) in [6, 6.07) is 0. The lowest BCUT2D eigenvalue weighted by molar-refractivity contribution is -0.120. The molecule has 1 saturated heterocycles. The molecule has 0 aromatic rings. The molecule has 1 saturated carbocycles. The molecule has 3 N–H and O–H groups in total. The van der Waals surface area contributed by atoms with Crippen LogP contribution in [0.5, 0.6) is 0 Å². The average molecular weight is 242 g/mol. The van der Waals surface area contributed by atoms with E-state index in [1.165, 1.54) is 38.8 Å². The van der Waals surface area contributed by atoms with Crippen LogP contribution in [0, 0.1) is 17.8 Å². The second kappa shape index (κ2) is 8.51. The molecule has 2 rings (SSSR count). The van der Waals surface area contributed by atoms with E-state index < -0.39 is 0 Å². The number of hydrogen-bond acceptors (Lipinski definition) is 2. The molecule has 17 heavy (non-hydrogen) atoms. The van der Waals surface area contributed by atoms with Crippen LogP contribution in [0.3, 0.4) is 0 Å². The van der Waals surface area contributed by atoms with Crippen LogP contribution in [0.4, 0.5) is 0 Å². The minimum absolute atomic E-state index is 0. The molecule has 0 bridgehead atoms. The van der Waals surface area contributed by atoms with Crippen LogP contribution in [-0.4, -0.2) is 19.0 Å². The molecule has 0 atom stereocenters. The lowest BCUT2D eigenvalue weighted by Crippen LogP contribution is -2.38. The number of primary amides is 1. The van der Waals surface area contributed by atoms with Crippen molar-refractivity contribution in [2.75, 3.05) is 13.1 Å². The molecule has 0 aromatic heterocycles. The molecule has 2 fully saturated rings. The summed E-state index contributed by atoms with van der Waals surface area (Å²) in [5.41, 5.74) is 5.18. The van der Waals surface area contributed by atoms with Crippen molar-refractivity contribution in [3.05, 3.63) is 0 Å². The van der Waals surface area contributed by atoms with Crippen molar-refractivity contribution in [2.45, 2.75) is 53.4 Å². The summed E-state index contributed by atoms with van der Waals surface area (Å²) in [4.78, 5) is 10.7. The third-order valence-electron chi connectivity index (χ3n) is 3.81. The van der Waals surface area contributed by atoms with Crippen molar-refractivity contribution in [1.29, 1.82) is 0 Å². The molecule has 3 nitrogen and oxygen atoms in total. The van der Waals surface area contributed by atoms with Crippen LogP contribution in [0.2, 0.25) is 0 Å². The molecule has 0 aromatic carbocycles. The van der Waals surface area contributed by atoms with Crippen molar-refractivity contribution >= 4 is 5.91 Å². The highest BCUT2D eigenvalue weighted by molar-refractivity contribution is 5.74. The Bertz CT molecular complexity index is 206. The number of nitrogens with two attached hydrogens (primary N) is 1. The van der Waals surface area contributed by atoms with Gasteiger partial charge < -0.3 is 11.1 Å². The molecule has 2 aliphatic rings. The van der Waals surface area contributed by atoms with Gasteiger partial charge >= 0.3 is 0 Å².